The van der Waals surface area contributed by atoms with Crippen LogP contribution >= 0.6 is 0 Å². The molecule has 0 radical (unpaired) electrons. The molecule has 6 saturated heterocycles. The molecular formula is C46H84FmN2O35. The number of alkyl carbamates (subject to hydrolysis) is 2. The molecule has 0 aromatic rings. The summed E-state index contributed by atoms with van der Waals surface area (Å²) in [7, 11) is 0. The van der Waals surface area contributed by atoms with E-state index in [1.807, 2.05) is 0 Å². The molecule has 0 bridgehead atoms. The summed E-state index contributed by atoms with van der Waals surface area (Å²) >= 11 is 0. The predicted octanol–water partition coefficient (Wildman–Crippen LogP) is -12.9. The second kappa shape index (κ2) is 31.5. The number of amides is 2. The van der Waals surface area contributed by atoms with Crippen molar-refractivity contribution >= 4 is 12.2 Å². The van der Waals surface area contributed by atoms with Gasteiger partial charge in [0.15, 0.2) is 6.29 Å². The number of hydrogen-bond donors (Lipinski definition) is 23. The number of aliphatic hydroxyl groups is 21. The van der Waals surface area contributed by atoms with Crippen LogP contribution in [0.1, 0.15) is 34.1 Å². The summed E-state index contributed by atoms with van der Waals surface area (Å²) in [4.78, 5) is 23.8. The Bertz CT molecular complexity index is 1980. The van der Waals surface area contributed by atoms with Crippen LogP contribution in [-0.4, -0.2) is 362 Å². The molecule has 0 saturated carbocycles. The van der Waals surface area contributed by atoms with Crippen LogP contribution in [0, 0.1) is 0 Å². The maximum atomic E-state index is 11.9. The Hall–Kier alpha value is -3.70. The SMILES string of the molecule is C.CCCNC(=O)OC[C@H]1O[C@@](CO[C@]2(CO)O[C@H](CO)C(O)[C@H]2O)(OC[C@@]2(O)OC(CO)[C@@H](O)[C@H](O)C2O)[C@H](O)C1O.CCCNC(=O)OC[C@H]1O[C@@](CO[C@]2(CO)O[C@H](CO)C(O)[C@H]2O)(O[C@H]2OC(CO)[C@@H](O)[C@H](O)C2O)[C@H](O)C1O.[Fm]. The van der Waals surface area contributed by atoms with E-state index < -0.39 is 242 Å². The van der Waals surface area contributed by atoms with E-state index in [-0.39, 0.29) is 14.0 Å². The summed E-state index contributed by atoms with van der Waals surface area (Å²) in [6, 6.07) is 0. The first kappa shape index (κ1) is 74.6. The monoisotopic (exact) mass is 1480 g/mol. The summed E-state index contributed by atoms with van der Waals surface area (Å²) in [6.45, 7) is -5.82. The maximum Gasteiger partial charge on any atom is 0.407 e. The van der Waals surface area contributed by atoms with Gasteiger partial charge in [0.1, 0.15) is 168 Å². The fourth-order valence-electron chi connectivity index (χ4n) is 9.36. The average Bonchev–Trinajstić information content (AvgIpc) is 2.87. The van der Waals surface area contributed by atoms with Gasteiger partial charge < -0.3 is 175 Å². The Morgan fingerprint density at radius 3 is 1.20 bits per heavy atom. The summed E-state index contributed by atoms with van der Waals surface area (Å²) in [6.07, 6.45) is -38.1. The molecule has 37 nitrogen and oxygen atoms in total. The second-order valence-electron chi connectivity index (χ2n) is 20.1. The summed E-state index contributed by atoms with van der Waals surface area (Å²) in [5.41, 5.74) is 0. The molecule has 6 fully saturated rings. The third kappa shape index (κ3) is 15.6. The Morgan fingerprint density at radius 2 is 0.786 bits per heavy atom. The summed E-state index contributed by atoms with van der Waals surface area (Å²) in [5.74, 6) is -12.8. The Balaban J connectivity index is 0.000000430. The number of hydrogen-bond acceptors (Lipinski definition) is 35. The molecule has 2 amide bonds. The molecule has 6 aliphatic rings. The molecule has 0 aromatic carbocycles. The van der Waals surface area contributed by atoms with Gasteiger partial charge in [-0.15, -0.1) is 0 Å². The van der Waals surface area contributed by atoms with Crippen molar-refractivity contribution < 1.29 is 174 Å². The molecule has 23 N–H and O–H groups in total. The largest absolute Gasteiger partial charge is 0.447 e. The fraction of sp³-hybridized carbons (Fsp3) is 0.957. The third-order valence-electron chi connectivity index (χ3n) is 14.4. The number of carbonyl (C=O) groups excluding carboxylic acids is 2. The van der Waals surface area contributed by atoms with Gasteiger partial charge in [0.25, 0.3) is 0 Å². The van der Waals surface area contributed by atoms with Crippen molar-refractivity contribution in [3.8, 4) is 0 Å². The van der Waals surface area contributed by atoms with Crippen molar-refractivity contribution in [3.63, 3.8) is 0 Å². The van der Waals surface area contributed by atoms with Gasteiger partial charge >= 0.3 is 12.2 Å². The van der Waals surface area contributed by atoms with Crippen LogP contribution in [0.15, 0.2) is 0 Å². The van der Waals surface area contributed by atoms with Gasteiger partial charge in [0.2, 0.25) is 28.9 Å². The Labute approximate surface area is 473 Å². The minimum Gasteiger partial charge on any atom is -0.447 e. The number of ether oxygens (including phenoxy) is 12. The number of aliphatic hydroxyl groups excluding tert-OH is 20. The van der Waals surface area contributed by atoms with Crippen molar-refractivity contribution in [2.24, 2.45) is 0 Å². The maximum absolute atomic E-state index is 11.9. The number of rotatable bonds is 25. The first-order valence-electron chi connectivity index (χ1n) is 26.0. The van der Waals surface area contributed by atoms with Crippen LogP contribution in [-0.2, 0) is 56.8 Å². The van der Waals surface area contributed by atoms with Gasteiger partial charge in [0, 0.05) is 13.1 Å². The van der Waals surface area contributed by atoms with Crippen LogP contribution in [0.3, 0.4) is 0 Å². The van der Waals surface area contributed by atoms with Gasteiger partial charge in [-0.05, 0) is 12.8 Å². The molecule has 6 aliphatic heterocycles. The van der Waals surface area contributed by atoms with E-state index in [1.165, 1.54) is 0 Å². The van der Waals surface area contributed by atoms with E-state index in [2.05, 4.69) is 10.6 Å². The first-order valence-corrected chi connectivity index (χ1v) is 26.0. The summed E-state index contributed by atoms with van der Waals surface area (Å²) in [5, 5.41) is 219. The fourth-order valence-corrected chi connectivity index (χ4v) is 9.36. The van der Waals surface area contributed by atoms with Crippen molar-refractivity contribution in [1.82, 2.24) is 10.6 Å². The van der Waals surface area contributed by atoms with Gasteiger partial charge in [-0.2, -0.15) is 0 Å². The smallest absolute Gasteiger partial charge is 0.407 e. The molecular weight excluding hydrogens is 1400 g/mol. The van der Waals surface area contributed by atoms with E-state index in [9.17, 15) is 117 Å². The van der Waals surface area contributed by atoms with Crippen molar-refractivity contribution in [2.75, 3.05) is 85.8 Å². The van der Waals surface area contributed by atoms with Gasteiger partial charge in [0.05, 0.1) is 26.4 Å². The molecule has 0 aromatic heterocycles. The normalized spacial score (nSPS) is 44.5. The van der Waals surface area contributed by atoms with E-state index in [1.54, 1.807) is 13.8 Å². The van der Waals surface area contributed by atoms with Crippen LogP contribution in [0.2, 0.25) is 0 Å². The van der Waals surface area contributed by atoms with Crippen molar-refractivity contribution in [2.45, 2.75) is 191 Å². The van der Waals surface area contributed by atoms with Crippen LogP contribution in [0.25, 0.3) is 0 Å². The zero-order chi connectivity index (χ0) is 61.3. The quantitative estimate of drug-likeness (QED) is 0.0404. The van der Waals surface area contributed by atoms with E-state index in [0.717, 1.165) is 0 Å². The van der Waals surface area contributed by atoms with Crippen molar-refractivity contribution in [1.29, 1.82) is 0 Å². The molecule has 38 heteroatoms. The van der Waals surface area contributed by atoms with E-state index in [4.69, 9.17) is 56.8 Å². The van der Waals surface area contributed by atoms with Gasteiger partial charge in [-0.1, -0.05) is 21.3 Å². The zero-order valence-corrected chi connectivity index (χ0v) is 47.0. The molecule has 6 rings (SSSR count). The Morgan fingerprint density at radius 1 is 0.429 bits per heavy atom. The van der Waals surface area contributed by atoms with E-state index >= 15 is 0 Å². The van der Waals surface area contributed by atoms with Crippen LogP contribution in [0.4, 0.5) is 9.59 Å². The van der Waals surface area contributed by atoms with E-state index in [0.29, 0.717) is 19.4 Å². The molecule has 6 heterocycles. The minimum atomic E-state index is -2.85. The molecule has 84 heavy (non-hydrogen) atoms. The molecule has 0 spiro atoms. The first-order chi connectivity index (χ1) is 38.6. The predicted molar refractivity (Wildman–Crippen MR) is 260 cm³/mol. The van der Waals surface area contributed by atoms with Crippen LogP contribution in [0.5, 0.6) is 0 Å². The standard InChI is InChI=1S/C23H41NO18.C22H39NO17.CH4.Fm/c1-2-3-24-20(35)37-6-12-15(30)19(34)23(42-12,9-39-22(7-27)18(33)14(29)11(5-26)41-22)38-8-21(36)17(32)16(31)13(28)10(4-25)40-21;1-2-3-23-20(34)35-6-11-14(29)18(33)22(39-11,40-19-16(31)15(30)12(27)9(4-24)37-19)8-36-21(7-26)17(32)13(28)10(5-25)38-21;;/h10-19,25-34,36H,2-9H2,1H3,(H,24,35);9-19,24-33H,2-8H2,1H3,(H,23,34);1H4;/t10?,11-,12-,13-,14?,15?,16+,17?,18-,19-,21-,22-,23-;9?,10-,11-,12-,13?,14?,15+,16?,17-,18-,19-,21-,22+;;/m11../s1. The van der Waals surface area contributed by atoms with Crippen molar-refractivity contribution in [3.05, 3.63) is 0 Å². The Kier molecular flexibility index (Phi) is 27.9. The topological polar surface area (TPSA) is 594 Å². The van der Waals surface area contributed by atoms with Crippen LogP contribution < -0.4 is 10.6 Å². The number of nitrogens with one attached hydrogen (secondary N) is 2. The minimum absolute atomic E-state index is 0. The van der Waals surface area contributed by atoms with Gasteiger partial charge in [-0.3, -0.25) is 0 Å². The molecule has 500 valence electrons. The summed E-state index contributed by atoms with van der Waals surface area (Å²) < 4.78 is 64.7. The van der Waals surface area contributed by atoms with Gasteiger partial charge in [-0.25, -0.2) is 9.59 Å². The number of carbonyl (C=O) groups is 2. The third-order valence-corrected chi connectivity index (χ3v) is 14.4. The zero-order valence-electron chi connectivity index (χ0n) is 44.6. The molecule has 26 atom stereocenters. The molecule has 8 unspecified atom stereocenters. The molecule has 0 aliphatic carbocycles. The second-order valence-corrected chi connectivity index (χ2v) is 20.1. The average molecular weight is 1480 g/mol.